The van der Waals surface area contributed by atoms with Crippen molar-refractivity contribution in [2.75, 3.05) is 37.9 Å². The third kappa shape index (κ3) is 8.41. The summed E-state index contributed by atoms with van der Waals surface area (Å²) in [4.78, 5) is 66.2. The minimum Gasteiger partial charge on any atom is -0.497 e. The molecule has 2 fully saturated rings. The number of carbonyl (C=O) groups is 4. The van der Waals surface area contributed by atoms with Gasteiger partial charge in [0.2, 0.25) is 11.8 Å². The van der Waals surface area contributed by atoms with E-state index >= 15 is 0 Å². The van der Waals surface area contributed by atoms with Gasteiger partial charge in [0.15, 0.2) is 0 Å². The predicted octanol–water partition coefficient (Wildman–Crippen LogP) is 7.99. The maximum absolute atomic E-state index is 13.8. The monoisotopic (exact) mass is 840 g/mol. The number of nitrogens with zero attached hydrogens (tertiary/aromatic N) is 4. The van der Waals surface area contributed by atoms with Crippen molar-refractivity contribution in [2.24, 2.45) is 0 Å². The normalized spacial score (nSPS) is 16.0. The maximum atomic E-state index is 13.8. The average Bonchev–Trinajstić information content (AvgIpc) is 3.97. The summed E-state index contributed by atoms with van der Waals surface area (Å²) in [5, 5.41) is 8.93. The number of ether oxygens (including phenoxy) is 2. The Morgan fingerprint density at radius 1 is 0.600 bits per heavy atom. The molecule has 0 bridgehead atoms. The first-order valence-electron chi connectivity index (χ1n) is 19.3. The highest BCUT2D eigenvalue weighted by molar-refractivity contribution is 6.31. The van der Waals surface area contributed by atoms with Crippen LogP contribution in [0.25, 0.3) is 21.5 Å². The van der Waals surface area contributed by atoms with E-state index in [0.717, 1.165) is 11.1 Å². The molecule has 2 aromatic heterocycles. The Morgan fingerprint density at radius 3 is 1.38 bits per heavy atom. The Bertz CT molecular complexity index is 2550. The number of aromatic nitrogens is 2. The van der Waals surface area contributed by atoms with Gasteiger partial charge in [-0.15, -0.1) is 0 Å². The summed E-state index contributed by atoms with van der Waals surface area (Å²) in [6, 6.07) is 26.9. The van der Waals surface area contributed by atoms with Crippen LogP contribution in [0.2, 0.25) is 10.3 Å². The standard InChI is InChI=1S/C46H38Cl2N6O6/c1-59-33-17-19-35-29(23-33)25-39(47)51-41(35)45(57)53-21-3-5-37(53)43(55)49-31-13-9-27(10-14-31)7-8-28-11-15-32(16-12-28)50-44(56)38-6-4-22-54(38)46(58)42-36-20-18-34(60-2)24-30(36)26-40(48)52-42/h9-20,23-26,37-38H,3-6,21-22H2,1-2H3,(H,49,55)(H,50,56)/t37-,38-/m0/s1. The van der Waals surface area contributed by atoms with Gasteiger partial charge in [-0.25, -0.2) is 9.97 Å². The van der Waals surface area contributed by atoms with Crippen LogP contribution in [0.5, 0.6) is 11.5 Å². The van der Waals surface area contributed by atoms with Crippen LogP contribution < -0.4 is 20.1 Å². The van der Waals surface area contributed by atoms with Gasteiger partial charge in [0.1, 0.15) is 45.3 Å². The Kier molecular flexibility index (Phi) is 11.5. The molecule has 14 heteroatoms. The van der Waals surface area contributed by atoms with Crippen molar-refractivity contribution in [3.63, 3.8) is 0 Å². The summed E-state index contributed by atoms with van der Waals surface area (Å²) < 4.78 is 10.6. The number of nitrogens with one attached hydrogen (secondary N) is 2. The molecule has 2 N–H and O–H groups in total. The number of fused-ring (bicyclic) bond motifs is 2. The minimum atomic E-state index is -0.671. The topological polar surface area (TPSA) is 143 Å². The van der Waals surface area contributed by atoms with Gasteiger partial charge in [0.05, 0.1) is 14.2 Å². The van der Waals surface area contributed by atoms with Gasteiger partial charge in [0.25, 0.3) is 11.8 Å². The fraction of sp³-hybridized carbons (Fsp3) is 0.217. The number of likely N-dealkylation sites (tertiary alicyclic amines) is 2. The highest BCUT2D eigenvalue weighted by Crippen LogP contribution is 2.31. The summed E-state index contributed by atoms with van der Waals surface area (Å²) in [5.41, 5.74) is 2.98. The van der Waals surface area contributed by atoms with Crippen LogP contribution in [-0.2, 0) is 9.59 Å². The van der Waals surface area contributed by atoms with Crippen LogP contribution in [-0.4, -0.2) is 82.8 Å². The molecule has 2 aliphatic heterocycles. The van der Waals surface area contributed by atoms with Crippen LogP contribution in [0.1, 0.15) is 57.8 Å². The Morgan fingerprint density at radius 2 is 1.00 bits per heavy atom. The van der Waals surface area contributed by atoms with E-state index in [-0.39, 0.29) is 45.3 Å². The minimum absolute atomic E-state index is 0.177. The fourth-order valence-electron chi connectivity index (χ4n) is 7.69. The average molecular weight is 842 g/mol. The lowest BCUT2D eigenvalue weighted by atomic mass is 10.1. The van der Waals surface area contributed by atoms with E-state index in [1.165, 1.54) is 0 Å². The highest BCUT2D eigenvalue weighted by Gasteiger charge is 2.37. The third-order valence-corrected chi connectivity index (χ3v) is 11.1. The van der Waals surface area contributed by atoms with Crippen molar-refractivity contribution in [2.45, 2.75) is 37.8 Å². The van der Waals surface area contributed by atoms with Crippen molar-refractivity contribution in [3.05, 3.63) is 130 Å². The van der Waals surface area contributed by atoms with E-state index < -0.39 is 12.1 Å². The Balaban J connectivity index is 0.875. The van der Waals surface area contributed by atoms with Crippen molar-refractivity contribution < 1.29 is 28.7 Å². The smallest absolute Gasteiger partial charge is 0.273 e. The Hall–Kier alpha value is -6.68. The lowest BCUT2D eigenvalue weighted by molar-refractivity contribution is -0.120. The van der Waals surface area contributed by atoms with E-state index in [2.05, 4.69) is 32.4 Å². The lowest BCUT2D eigenvalue weighted by Gasteiger charge is -2.24. The highest BCUT2D eigenvalue weighted by atomic mass is 35.5. The maximum Gasteiger partial charge on any atom is 0.273 e. The van der Waals surface area contributed by atoms with Crippen LogP contribution in [0.3, 0.4) is 0 Å². The molecule has 0 saturated carbocycles. The molecule has 302 valence electrons. The van der Waals surface area contributed by atoms with E-state index in [4.69, 9.17) is 32.7 Å². The number of benzene rings is 4. The summed E-state index contributed by atoms with van der Waals surface area (Å²) in [6.07, 6.45) is 2.39. The zero-order valence-corrected chi connectivity index (χ0v) is 34.1. The second-order valence-corrected chi connectivity index (χ2v) is 15.2. The predicted molar refractivity (Wildman–Crippen MR) is 231 cm³/mol. The third-order valence-electron chi connectivity index (χ3n) is 10.7. The molecule has 4 aromatic carbocycles. The summed E-state index contributed by atoms with van der Waals surface area (Å²) in [6.45, 7) is 0.838. The number of halogens is 2. The molecular formula is C46H38Cl2N6O6. The van der Waals surface area contributed by atoms with Crippen LogP contribution >= 0.6 is 23.2 Å². The van der Waals surface area contributed by atoms with E-state index in [1.807, 2.05) is 0 Å². The molecule has 4 amide bonds. The molecule has 0 spiro atoms. The van der Waals surface area contributed by atoms with Gasteiger partial charge in [-0.3, -0.25) is 19.2 Å². The SMILES string of the molecule is COc1ccc2c(C(=O)N3CCC[C@H]3C(=O)Nc3ccc(C#Cc4ccc(NC(=O)[C@@H]5CCCN5C(=O)c5nc(Cl)cc6cc(OC)ccc56)cc4)cc3)nc(Cl)cc2c1. The zero-order valence-electron chi connectivity index (χ0n) is 32.6. The van der Waals surface area contributed by atoms with Gasteiger partial charge in [0, 0.05) is 46.4 Å². The van der Waals surface area contributed by atoms with E-state index in [0.29, 0.717) is 83.2 Å². The zero-order chi connectivity index (χ0) is 41.9. The molecule has 4 heterocycles. The van der Waals surface area contributed by atoms with Gasteiger partial charge in [-0.2, -0.15) is 0 Å². The van der Waals surface area contributed by atoms with Crippen molar-refractivity contribution in [1.29, 1.82) is 0 Å². The summed E-state index contributed by atoms with van der Waals surface area (Å²) in [5.74, 6) is 6.22. The molecule has 60 heavy (non-hydrogen) atoms. The molecular weight excluding hydrogens is 803 g/mol. The number of pyridine rings is 2. The number of anilines is 2. The first-order chi connectivity index (χ1) is 29.1. The molecule has 2 atom stereocenters. The molecule has 12 nitrogen and oxygen atoms in total. The van der Waals surface area contributed by atoms with Gasteiger partial charge >= 0.3 is 0 Å². The molecule has 2 saturated heterocycles. The van der Waals surface area contributed by atoms with Crippen molar-refractivity contribution >= 4 is 79.8 Å². The quantitative estimate of drug-likeness (QED) is 0.116. The molecule has 8 rings (SSSR count). The molecule has 2 aliphatic rings. The van der Waals surface area contributed by atoms with Crippen molar-refractivity contribution in [3.8, 4) is 23.3 Å². The number of carbonyl (C=O) groups excluding carboxylic acids is 4. The second-order valence-electron chi connectivity index (χ2n) is 14.5. The van der Waals surface area contributed by atoms with Crippen LogP contribution in [0.4, 0.5) is 11.4 Å². The summed E-state index contributed by atoms with van der Waals surface area (Å²) >= 11 is 12.6. The van der Waals surface area contributed by atoms with Crippen LogP contribution in [0, 0.1) is 11.8 Å². The Labute approximate surface area is 355 Å². The first kappa shape index (κ1) is 40.1. The number of amides is 4. The largest absolute Gasteiger partial charge is 0.497 e. The number of rotatable bonds is 8. The van der Waals surface area contributed by atoms with Crippen LogP contribution in [0.15, 0.2) is 97.1 Å². The summed E-state index contributed by atoms with van der Waals surface area (Å²) in [7, 11) is 3.13. The molecule has 0 unspecified atom stereocenters. The van der Waals surface area contributed by atoms with Gasteiger partial charge in [-0.1, -0.05) is 35.0 Å². The number of hydrogen-bond donors (Lipinski definition) is 2. The molecule has 0 radical (unpaired) electrons. The van der Waals surface area contributed by atoms with Gasteiger partial charge in [-0.05, 0) is 134 Å². The molecule has 6 aromatic rings. The fourth-order valence-corrected chi connectivity index (χ4v) is 8.10. The molecule has 0 aliphatic carbocycles. The van der Waals surface area contributed by atoms with Crippen molar-refractivity contribution in [1.82, 2.24) is 19.8 Å². The number of hydrogen-bond acceptors (Lipinski definition) is 8. The van der Waals surface area contributed by atoms with E-state index in [1.54, 1.807) is 121 Å². The number of methoxy groups -OCH3 is 2. The van der Waals surface area contributed by atoms with Gasteiger partial charge < -0.3 is 29.9 Å². The second kappa shape index (κ2) is 17.3. The van der Waals surface area contributed by atoms with E-state index in [9.17, 15) is 19.2 Å². The lowest BCUT2D eigenvalue weighted by Crippen LogP contribution is -2.43. The first-order valence-corrected chi connectivity index (χ1v) is 20.1.